The highest BCUT2D eigenvalue weighted by Crippen LogP contribution is 2.21. The standard InChI is InChI=1S/C15H28N4S/c1-6-9-16-13-10-14(19-15(18-13)20-5)17-11(4)12(7-2)8-3/h10-12H,6-9H2,1-5H3,(H2,16,17,18,19). The van der Waals surface area contributed by atoms with Crippen LogP contribution in [0.15, 0.2) is 11.2 Å². The molecule has 1 aromatic rings. The SMILES string of the molecule is CCCNc1cc(NC(C)C(CC)CC)nc(SC)n1. The smallest absolute Gasteiger partial charge is 0.191 e. The van der Waals surface area contributed by atoms with Gasteiger partial charge in [-0.2, -0.15) is 0 Å². The van der Waals surface area contributed by atoms with Gasteiger partial charge in [-0.15, -0.1) is 0 Å². The van der Waals surface area contributed by atoms with Gasteiger partial charge in [0, 0.05) is 18.7 Å². The Morgan fingerprint density at radius 1 is 1.15 bits per heavy atom. The van der Waals surface area contributed by atoms with Crippen molar-refractivity contribution in [3.05, 3.63) is 6.07 Å². The van der Waals surface area contributed by atoms with Crippen LogP contribution in [0.3, 0.4) is 0 Å². The third kappa shape index (κ3) is 5.19. The summed E-state index contributed by atoms with van der Waals surface area (Å²) in [6.07, 6.45) is 5.47. The molecular formula is C15H28N4S. The van der Waals surface area contributed by atoms with E-state index < -0.39 is 0 Å². The fourth-order valence-corrected chi connectivity index (χ4v) is 2.66. The van der Waals surface area contributed by atoms with E-state index in [4.69, 9.17) is 0 Å². The predicted molar refractivity (Wildman–Crippen MR) is 89.8 cm³/mol. The molecule has 0 radical (unpaired) electrons. The molecule has 20 heavy (non-hydrogen) atoms. The Kier molecular flexibility index (Phi) is 7.73. The van der Waals surface area contributed by atoms with Crippen molar-refractivity contribution in [2.75, 3.05) is 23.4 Å². The van der Waals surface area contributed by atoms with E-state index in [0.29, 0.717) is 12.0 Å². The third-order valence-corrected chi connectivity index (χ3v) is 4.12. The van der Waals surface area contributed by atoms with E-state index in [1.165, 1.54) is 12.8 Å². The maximum Gasteiger partial charge on any atom is 0.191 e. The van der Waals surface area contributed by atoms with Crippen LogP contribution in [0.5, 0.6) is 0 Å². The molecule has 5 heteroatoms. The van der Waals surface area contributed by atoms with E-state index in [-0.39, 0.29) is 0 Å². The van der Waals surface area contributed by atoms with Crippen LogP contribution in [0.25, 0.3) is 0 Å². The van der Waals surface area contributed by atoms with Crippen molar-refractivity contribution < 1.29 is 0 Å². The average molecular weight is 296 g/mol. The Morgan fingerprint density at radius 2 is 1.80 bits per heavy atom. The average Bonchev–Trinajstić information content (AvgIpc) is 2.46. The van der Waals surface area contributed by atoms with Gasteiger partial charge in [0.2, 0.25) is 0 Å². The van der Waals surface area contributed by atoms with Crippen LogP contribution < -0.4 is 10.6 Å². The first-order valence-electron chi connectivity index (χ1n) is 7.57. The van der Waals surface area contributed by atoms with Gasteiger partial charge in [-0.25, -0.2) is 9.97 Å². The van der Waals surface area contributed by atoms with Gasteiger partial charge in [-0.05, 0) is 25.5 Å². The van der Waals surface area contributed by atoms with E-state index in [2.05, 4.69) is 48.3 Å². The van der Waals surface area contributed by atoms with Crippen molar-refractivity contribution in [3.63, 3.8) is 0 Å². The van der Waals surface area contributed by atoms with Gasteiger partial charge in [0.15, 0.2) is 5.16 Å². The molecule has 0 saturated heterocycles. The second-order valence-corrected chi connectivity index (χ2v) is 5.83. The Hall–Kier alpha value is -0.970. The molecule has 0 aliphatic rings. The lowest BCUT2D eigenvalue weighted by atomic mass is 9.95. The number of hydrogen-bond donors (Lipinski definition) is 2. The third-order valence-electron chi connectivity index (χ3n) is 3.58. The van der Waals surface area contributed by atoms with Gasteiger partial charge in [-0.3, -0.25) is 0 Å². The molecule has 0 aliphatic carbocycles. The fraction of sp³-hybridized carbons (Fsp3) is 0.733. The summed E-state index contributed by atoms with van der Waals surface area (Å²) in [6.45, 7) is 9.81. The van der Waals surface area contributed by atoms with Crippen molar-refractivity contribution in [2.24, 2.45) is 5.92 Å². The number of aromatic nitrogens is 2. The fourth-order valence-electron chi connectivity index (χ4n) is 2.28. The van der Waals surface area contributed by atoms with Gasteiger partial charge in [-0.1, -0.05) is 45.4 Å². The Morgan fingerprint density at radius 3 is 2.35 bits per heavy atom. The van der Waals surface area contributed by atoms with E-state index >= 15 is 0 Å². The predicted octanol–water partition coefficient (Wildman–Crippen LogP) is 4.26. The molecule has 1 atom stereocenters. The van der Waals surface area contributed by atoms with Crippen LogP contribution in [0, 0.1) is 5.92 Å². The molecule has 0 amide bonds. The Balaban J connectivity index is 2.82. The minimum atomic E-state index is 0.425. The second-order valence-electron chi connectivity index (χ2n) is 5.06. The van der Waals surface area contributed by atoms with Gasteiger partial charge in [0.1, 0.15) is 11.6 Å². The van der Waals surface area contributed by atoms with Crippen molar-refractivity contribution in [1.82, 2.24) is 9.97 Å². The van der Waals surface area contributed by atoms with E-state index in [0.717, 1.165) is 29.8 Å². The van der Waals surface area contributed by atoms with E-state index in [1.807, 2.05) is 12.3 Å². The lowest BCUT2D eigenvalue weighted by Gasteiger charge is -2.23. The molecule has 0 fully saturated rings. The van der Waals surface area contributed by atoms with Crippen molar-refractivity contribution in [2.45, 2.75) is 58.2 Å². The van der Waals surface area contributed by atoms with Gasteiger partial charge >= 0.3 is 0 Å². The molecule has 1 unspecified atom stereocenters. The monoisotopic (exact) mass is 296 g/mol. The summed E-state index contributed by atoms with van der Waals surface area (Å²) >= 11 is 1.58. The maximum atomic E-state index is 4.55. The molecule has 0 aromatic carbocycles. The molecule has 0 saturated carbocycles. The van der Waals surface area contributed by atoms with Crippen molar-refractivity contribution in [1.29, 1.82) is 0 Å². The summed E-state index contributed by atoms with van der Waals surface area (Å²) in [5.74, 6) is 2.50. The summed E-state index contributed by atoms with van der Waals surface area (Å²) in [6, 6.07) is 2.43. The molecule has 4 nitrogen and oxygen atoms in total. The largest absolute Gasteiger partial charge is 0.370 e. The van der Waals surface area contributed by atoms with Crippen molar-refractivity contribution >= 4 is 23.4 Å². The quantitative estimate of drug-likeness (QED) is 0.527. The number of anilines is 2. The summed E-state index contributed by atoms with van der Waals surface area (Å²) in [5.41, 5.74) is 0. The number of nitrogens with one attached hydrogen (secondary N) is 2. The minimum absolute atomic E-state index is 0.425. The van der Waals surface area contributed by atoms with Crippen LogP contribution in [-0.4, -0.2) is 28.8 Å². The van der Waals surface area contributed by atoms with Crippen LogP contribution in [0.2, 0.25) is 0 Å². The highest BCUT2D eigenvalue weighted by atomic mass is 32.2. The number of rotatable bonds is 9. The second kappa shape index (κ2) is 9.06. The first-order chi connectivity index (χ1) is 9.64. The topological polar surface area (TPSA) is 49.8 Å². The molecule has 0 aliphatic heterocycles. The molecule has 0 spiro atoms. The number of thioether (sulfide) groups is 1. The summed E-state index contributed by atoms with van der Waals surface area (Å²) < 4.78 is 0. The maximum absolute atomic E-state index is 4.55. The molecule has 1 heterocycles. The summed E-state index contributed by atoms with van der Waals surface area (Å²) in [7, 11) is 0. The van der Waals surface area contributed by atoms with Crippen LogP contribution in [0.1, 0.15) is 47.0 Å². The zero-order valence-electron chi connectivity index (χ0n) is 13.4. The van der Waals surface area contributed by atoms with E-state index in [1.54, 1.807) is 11.8 Å². The minimum Gasteiger partial charge on any atom is -0.370 e. The van der Waals surface area contributed by atoms with Gasteiger partial charge in [0.05, 0.1) is 0 Å². The number of nitrogens with zero attached hydrogens (tertiary/aromatic N) is 2. The van der Waals surface area contributed by atoms with Crippen molar-refractivity contribution in [3.8, 4) is 0 Å². The lowest BCUT2D eigenvalue weighted by Crippen LogP contribution is -2.25. The first-order valence-corrected chi connectivity index (χ1v) is 8.80. The number of hydrogen-bond acceptors (Lipinski definition) is 5. The summed E-state index contributed by atoms with van der Waals surface area (Å²) in [4.78, 5) is 9.03. The van der Waals surface area contributed by atoms with Crippen LogP contribution >= 0.6 is 11.8 Å². The lowest BCUT2D eigenvalue weighted by molar-refractivity contribution is 0.437. The first kappa shape index (κ1) is 17.1. The molecule has 2 N–H and O–H groups in total. The molecule has 1 aromatic heterocycles. The highest BCUT2D eigenvalue weighted by Gasteiger charge is 2.14. The molecule has 0 bridgehead atoms. The summed E-state index contributed by atoms with van der Waals surface area (Å²) in [5, 5.41) is 7.68. The van der Waals surface area contributed by atoms with E-state index in [9.17, 15) is 0 Å². The van der Waals surface area contributed by atoms with Gasteiger partial charge < -0.3 is 10.6 Å². The Bertz CT molecular complexity index is 393. The normalized spacial score (nSPS) is 12.5. The van der Waals surface area contributed by atoms with Crippen LogP contribution in [-0.2, 0) is 0 Å². The Labute approximate surface area is 127 Å². The van der Waals surface area contributed by atoms with Gasteiger partial charge in [0.25, 0.3) is 0 Å². The highest BCUT2D eigenvalue weighted by molar-refractivity contribution is 7.98. The zero-order chi connectivity index (χ0) is 15.0. The molecule has 1 rings (SSSR count). The zero-order valence-corrected chi connectivity index (χ0v) is 14.2. The molecular weight excluding hydrogens is 268 g/mol. The van der Waals surface area contributed by atoms with Crippen LogP contribution in [0.4, 0.5) is 11.6 Å². The molecule has 114 valence electrons.